The number of hydrogen-bond donors (Lipinski definition) is 0. The van der Waals surface area contributed by atoms with Gasteiger partial charge in [-0.15, -0.1) is 11.3 Å². The summed E-state index contributed by atoms with van der Waals surface area (Å²) in [5, 5.41) is 2.52. The van der Waals surface area contributed by atoms with Gasteiger partial charge in [-0.1, -0.05) is 30.3 Å². The predicted molar refractivity (Wildman–Crippen MR) is 125 cm³/mol. The number of carbonyl (C=O) groups excluding carboxylic acids is 1. The lowest BCUT2D eigenvalue weighted by atomic mass is 10.1. The number of alkyl halides is 3. The molecule has 5 nitrogen and oxygen atoms in total. The van der Waals surface area contributed by atoms with Gasteiger partial charge in [0.05, 0.1) is 19.2 Å². The van der Waals surface area contributed by atoms with E-state index in [-0.39, 0.29) is 5.91 Å². The maximum absolute atomic E-state index is 13.2. The molecule has 4 rings (SSSR count). The van der Waals surface area contributed by atoms with Crippen molar-refractivity contribution in [3.05, 3.63) is 81.3 Å². The van der Waals surface area contributed by atoms with Gasteiger partial charge < -0.3 is 9.64 Å². The Morgan fingerprint density at radius 1 is 1.06 bits per heavy atom. The molecule has 180 valence electrons. The molecule has 3 aromatic rings. The van der Waals surface area contributed by atoms with E-state index < -0.39 is 11.7 Å². The molecular formula is C25H26F3N3O2S. The zero-order valence-electron chi connectivity index (χ0n) is 18.8. The average Bonchev–Trinajstić information content (AvgIpc) is 3.51. The van der Waals surface area contributed by atoms with E-state index in [2.05, 4.69) is 4.98 Å². The summed E-state index contributed by atoms with van der Waals surface area (Å²) in [6.45, 7) is 2.75. The molecule has 0 unspecified atom stereocenters. The van der Waals surface area contributed by atoms with Crippen LogP contribution in [0.3, 0.4) is 0 Å². The van der Waals surface area contributed by atoms with Gasteiger partial charge in [0.2, 0.25) is 0 Å². The van der Waals surface area contributed by atoms with Crippen LogP contribution in [-0.2, 0) is 25.8 Å². The Kier molecular flexibility index (Phi) is 7.53. The van der Waals surface area contributed by atoms with Crippen LogP contribution in [0.5, 0.6) is 5.75 Å². The van der Waals surface area contributed by atoms with Crippen LogP contribution in [-0.4, -0.2) is 40.9 Å². The smallest absolute Gasteiger partial charge is 0.416 e. The highest BCUT2D eigenvalue weighted by Crippen LogP contribution is 2.30. The first-order valence-electron chi connectivity index (χ1n) is 11.1. The standard InChI is InChI=1S/C25H26F3N3O2S/c1-33-21-9-7-18(8-10-21)14-30(15-19-5-4-6-20(13-19)25(26,27)28)16-23-29-22(17-34-23)24(32)31-11-2-3-12-31/h4-10,13,17H,2-3,11-12,14-16H2,1H3. The highest BCUT2D eigenvalue weighted by molar-refractivity contribution is 7.09. The van der Waals surface area contributed by atoms with E-state index in [1.54, 1.807) is 18.6 Å². The molecule has 0 saturated carbocycles. The van der Waals surface area contributed by atoms with Gasteiger partial charge >= 0.3 is 6.18 Å². The van der Waals surface area contributed by atoms with Crippen LogP contribution < -0.4 is 4.74 Å². The van der Waals surface area contributed by atoms with Crippen molar-refractivity contribution in [1.29, 1.82) is 0 Å². The van der Waals surface area contributed by atoms with Gasteiger partial charge in [-0.25, -0.2) is 4.98 Å². The Balaban J connectivity index is 1.53. The van der Waals surface area contributed by atoms with E-state index >= 15 is 0 Å². The zero-order chi connectivity index (χ0) is 24.1. The second-order valence-corrected chi connectivity index (χ2v) is 9.26. The quantitative estimate of drug-likeness (QED) is 0.413. The second kappa shape index (κ2) is 10.6. The summed E-state index contributed by atoms with van der Waals surface area (Å²) in [5.41, 5.74) is 1.33. The lowest BCUT2D eigenvalue weighted by Gasteiger charge is -2.22. The van der Waals surface area contributed by atoms with Crippen LogP contribution in [0.2, 0.25) is 0 Å². The summed E-state index contributed by atoms with van der Waals surface area (Å²) >= 11 is 1.40. The number of methoxy groups -OCH3 is 1. The molecule has 1 aliphatic heterocycles. The first-order chi connectivity index (χ1) is 16.3. The molecule has 0 N–H and O–H groups in total. The van der Waals surface area contributed by atoms with Gasteiger partial charge in [-0.05, 0) is 42.2 Å². The van der Waals surface area contributed by atoms with Crippen molar-refractivity contribution in [2.75, 3.05) is 20.2 Å². The average molecular weight is 490 g/mol. The number of halogens is 3. The number of nitrogens with zero attached hydrogens (tertiary/aromatic N) is 3. The molecule has 0 atom stereocenters. The van der Waals surface area contributed by atoms with Crippen LogP contribution in [0.15, 0.2) is 53.9 Å². The first-order valence-corrected chi connectivity index (χ1v) is 11.9. The number of ether oxygens (including phenoxy) is 1. The minimum atomic E-state index is -4.39. The van der Waals surface area contributed by atoms with Crippen molar-refractivity contribution in [3.8, 4) is 5.75 Å². The number of rotatable bonds is 8. The molecule has 1 saturated heterocycles. The molecule has 0 bridgehead atoms. The molecule has 0 radical (unpaired) electrons. The summed E-state index contributed by atoms with van der Waals surface area (Å²) in [6.07, 6.45) is -2.37. The van der Waals surface area contributed by atoms with Crippen LogP contribution in [0.25, 0.3) is 0 Å². The van der Waals surface area contributed by atoms with E-state index in [1.807, 2.05) is 34.1 Å². The molecule has 1 fully saturated rings. The largest absolute Gasteiger partial charge is 0.497 e. The maximum atomic E-state index is 13.2. The topological polar surface area (TPSA) is 45.7 Å². The molecule has 2 heterocycles. The van der Waals surface area contributed by atoms with E-state index in [0.29, 0.717) is 30.9 Å². The molecule has 1 aromatic heterocycles. The number of amides is 1. The Labute approximate surface area is 200 Å². The summed E-state index contributed by atoms with van der Waals surface area (Å²) < 4.78 is 44.8. The second-order valence-electron chi connectivity index (χ2n) is 8.32. The lowest BCUT2D eigenvalue weighted by molar-refractivity contribution is -0.137. The third-order valence-electron chi connectivity index (χ3n) is 5.75. The molecule has 0 aliphatic carbocycles. The van der Waals surface area contributed by atoms with Crippen LogP contribution in [0.4, 0.5) is 13.2 Å². The fraction of sp³-hybridized carbons (Fsp3) is 0.360. The Morgan fingerprint density at radius 3 is 2.44 bits per heavy atom. The molecular weight excluding hydrogens is 463 g/mol. The first kappa shape index (κ1) is 24.2. The van der Waals surface area contributed by atoms with Gasteiger partial charge in [-0.2, -0.15) is 13.2 Å². The van der Waals surface area contributed by atoms with Gasteiger partial charge in [0.15, 0.2) is 0 Å². The monoisotopic (exact) mass is 489 g/mol. The molecule has 0 spiro atoms. The Bertz CT molecular complexity index is 1110. The predicted octanol–water partition coefficient (Wildman–Crippen LogP) is 5.61. The summed E-state index contributed by atoms with van der Waals surface area (Å²) in [6, 6.07) is 13.0. The van der Waals surface area contributed by atoms with Crippen molar-refractivity contribution in [2.24, 2.45) is 0 Å². The molecule has 2 aromatic carbocycles. The summed E-state index contributed by atoms with van der Waals surface area (Å²) in [7, 11) is 1.60. The Morgan fingerprint density at radius 2 is 1.76 bits per heavy atom. The Hall–Kier alpha value is -2.91. The number of carbonyl (C=O) groups is 1. The van der Waals surface area contributed by atoms with Crippen molar-refractivity contribution in [1.82, 2.24) is 14.8 Å². The van der Waals surface area contributed by atoms with E-state index in [4.69, 9.17) is 4.74 Å². The van der Waals surface area contributed by atoms with E-state index in [0.717, 1.165) is 48.3 Å². The van der Waals surface area contributed by atoms with Gasteiger partial charge in [0.25, 0.3) is 5.91 Å². The number of likely N-dealkylation sites (tertiary alicyclic amines) is 1. The lowest BCUT2D eigenvalue weighted by Crippen LogP contribution is -2.28. The van der Waals surface area contributed by atoms with E-state index in [1.165, 1.54) is 23.5 Å². The van der Waals surface area contributed by atoms with Crippen LogP contribution >= 0.6 is 11.3 Å². The maximum Gasteiger partial charge on any atom is 0.416 e. The fourth-order valence-electron chi connectivity index (χ4n) is 4.02. The number of aromatic nitrogens is 1. The fourth-order valence-corrected chi connectivity index (χ4v) is 4.83. The van der Waals surface area contributed by atoms with E-state index in [9.17, 15) is 18.0 Å². The minimum absolute atomic E-state index is 0.0559. The van der Waals surface area contributed by atoms with Crippen molar-refractivity contribution >= 4 is 17.2 Å². The highest BCUT2D eigenvalue weighted by atomic mass is 32.1. The number of benzene rings is 2. The third-order valence-corrected chi connectivity index (χ3v) is 6.58. The number of thiazole rings is 1. The molecule has 34 heavy (non-hydrogen) atoms. The zero-order valence-corrected chi connectivity index (χ0v) is 19.7. The SMILES string of the molecule is COc1ccc(CN(Cc2cccc(C(F)(F)F)c2)Cc2nc(C(=O)N3CCCC3)cs2)cc1. The highest BCUT2D eigenvalue weighted by Gasteiger charge is 2.30. The van der Waals surface area contributed by atoms with Crippen LogP contribution in [0, 0.1) is 0 Å². The van der Waals surface area contributed by atoms with Crippen molar-refractivity contribution in [3.63, 3.8) is 0 Å². The summed E-state index contributed by atoms with van der Waals surface area (Å²) in [4.78, 5) is 21.0. The minimum Gasteiger partial charge on any atom is -0.497 e. The van der Waals surface area contributed by atoms with Crippen molar-refractivity contribution in [2.45, 2.75) is 38.7 Å². The van der Waals surface area contributed by atoms with Gasteiger partial charge in [0.1, 0.15) is 16.5 Å². The van der Waals surface area contributed by atoms with Crippen molar-refractivity contribution < 1.29 is 22.7 Å². The number of hydrogen-bond acceptors (Lipinski definition) is 5. The summed E-state index contributed by atoms with van der Waals surface area (Å²) in [5.74, 6) is 0.678. The van der Waals surface area contributed by atoms with Crippen LogP contribution in [0.1, 0.15) is 45.0 Å². The molecule has 9 heteroatoms. The normalized spacial score (nSPS) is 14.1. The molecule has 1 aliphatic rings. The third kappa shape index (κ3) is 6.15. The van der Waals surface area contributed by atoms with Gasteiger partial charge in [-0.3, -0.25) is 9.69 Å². The molecule has 1 amide bonds. The van der Waals surface area contributed by atoms with Gasteiger partial charge in [0, 0.05) is 31.6 Å².